The second kappa shape index (κ2) is 4.59. The fraction of sp³-hybridized carbons (Fsp3) is 0.333. The van der Waals surface area contributed by atoms with Crippen molar-refractivity contribution >= 4 is 15.9 Å². The lowest BCUT2D eigenvalue weighted by atomic mass is 10.3. The number of furan rings is 1. The molecule has 0 radical (unpaired) electrons. The molecule has 2 aromatic heterocycles. The predicted octanol–water partition coefficient (Wildman–Crippen LogP) is 2.20. The molecule has 0 bridgehead atoms. The third kappa shape index (κ3) is 2.27. The van der Waals surface area contributed by atoms with Crippen LogP contribution >= 0.6 is 15.9 Å². The molecule has 0 unspecified atom stereocenters. The van der Waals surface area contributed by atoms with E-state index >= 15 is 0 Å². The molecule has 80 valence electrons. The fourth-order valence-corrected chi connectivity index (χ4v) is 1.53. The minimum absolute atomic E-state index is 0.462. The summed E-state index contributed by atoms with van der Waals surface area (Å²) in [4.78, 5) is 4.22. The summed E-state index contributed by atoms with van der Waals surface area (Å²) in [7, 11) is 0. The molecule has 0 saturated heterocycles. The van der Waals surface area contributed by atoms with E-state index in [1.54, 1.807) is 12.3 Å². The molecule has 0 atom stereocenters. The van der Waals surface area contributed by atoms with Gasteiger partial charge in [0, 0.05) is 0 Å². The standard InChI is InChI=1S/C9H10BrN3O2/c1-2-11-5-7-12-9(15-13-7)6-3-4-14-8(6)10/h3-4,11H,2,5H2,1H3. The Kier molecular flexibility index (Phi) is 3.17. The maximum Gasteiger partial charge on any atom is 0.262 e. The van der Waals surface area contributed by atoms with Crippen LogP contribution in [0.5, 0.6) is 0 Å². The number of hydrogen-bond acceptors (Lipinski definition) is 5. The minimum atomic E-state index is 0.462. The molecule has 2 rings (SSSR count). The summed E-state index contributed by atoms with van der Waals surface area (Å²) in [5.41, 5.74) is 0.769. The largest absolute Gasteiger partial charge is 0.457 e. The number of nitrogens with one attached hydrogen (secondary N) is 1. The molecule has 0 saturated carbocycles. The monoisotopic (exact) mass is 271 g/mol. The van der Waals surface area contributed by atoms with Crippen LogP contribution in [0.3, 0.4) is 0 Å². The smallest absolute Gasteiger partial charge is 0.262 e. The molecule has 5 nitrogen and oxygen atoms in total. The number of rotatable bonds is 4. The summed E-state index contributed by atoms with van der Waals surface area (Å²) in [6.45, 7) is 3.50. The summed E-state index contributed by atoms with van der Waals surface area (Å²) in [5, 5.41) is 6.96. The van der Waals surface area contributed by atoms with Crippen LogP contribution in [0.15, 0.2) is 25.9 Å². The second-order valence-electron chi connectivity index (χ2n) is 2.90. The van der Waals surface area contributed by atoms with Crippen LogP contribution in [0.4, 0.5) is 0 Å². The molecule has 0 fully saturated rings. The highest BCUT2D eigenvalue weighted by atomic mass is 79.9. The summed E-state index contributed by atoms with van der Waals surface area (Å²) >= 11 is 3.25. The molecule has 0 spiro atoms. The molecule has 0 aliphatic heterocycles. The first kappa shape index (κ1) is 10.4. The Bertz CT molecular complexity index is 438. The van der Waals surface area contributed by atoms with Crippen molar-refractivity contribution in [2.75, 3.05) is 6.54 Å². The van der Waals surface area contributed by atoms with Crippen LogP contribution in [-0.2, 0) is 6.54 Å². The second-order valence-corrected chi connectivity index (χ2v) is 3.62. The first-order valence-corrected chi connectivity index (χ1v) is 5.37. The molecular weight excluding hydrogens is 262 g/mol. The van der Waals surface area contributed by atoms with Gasteiger partial charge in [0.15, 0.2) is 10.5 Å². The van der Waals surface area contributed by atoms with Crippen molar-refractivity contribution in [1.82, 2.24) is 15.5 Å². The van der Waals surface area contributed by atoms with E-state index in [0.717, 1.165) is 12.1 Å². The fourth-order valence-electron chi connectivity index (χ4n) is 1.12. The van der Waals surface area contributed by atoms with E-state index in [2.05, 4.69) is 31.4 Å². The zero-order valence-electron chi connectivity index (χ0n) is 8.16. The quantitative estimate of drug-likeness (QED) is 0.924. The summed E-state index contributed by atoms with van der Waals surface area (Å²) < 4.78 is 10.8. The van der Waals surface area contributed by atoms with E-state index in [9.17, 15) is 0 Å². The Balaban J connectivity index is 2.17. The Labute approximate surface area is 95.0 Å². The van der Waals surface area contributed by atoms with Gasteiger partial charge in [-0.25, -0.2) is 0 Å². The molecule has 15 heavy (non-hydrogen) atoms. The summed E-state index contributed by atoms with van der Waals surface area (Å²) in [6.07, 6.45) is 1.56. The van der Waals surface area contributed by atoms with Crippen LogP contribution in [-0.4, -0.2) is 16.7 Å². The average Bonchev–Trinajstić information content (AvgIpc) is 2.83. The molecule has 0 aromatic carbocycles. The highest BCUT2D eigenvalue weighted by molar-refractivity contribution is 9.10. The first-order chi connectivity index (χ1) is 7.31. The van der Waals surface area contributed by atoms with Crippen molar-refractivity contribution in [1.29, 1.82) is 0 Å². The van der Waals surface area contributed by atoms with E-state index in [-0.39, 0.29) is 0 Å². The summed E-state index contributed by atoms with van der Waals surface area (Å²) in [5.74, 6) is 1.10. The van der Waals surface area contributed by atoms with Gasteiger partial charge in [0.1, 0.15) is 0 Å². The lowest BCUT2D eigenvalue weighted by Crippen LogP contribution is -2.12. The number of nitrogens with zero attached hydrogens (tertiary/aromatic N) is 2. The van der Waals surface area contributed by atoms with Crippen LogP contribution < -0.4 is 5.32 Å². The van der Waals surface area contributed by atoms with E-state index in [4.69, 9.17) is 8.94 Å². The third-order valence-corrected chi connectivity index (χ3v) is 2.46. The summed E-state index contributed by atoms with van der Waals surface area (Å²) in [6, 6.07) is 1.77. The molecular formula is C9H10BrN3O2. The van der Waals surface area contributed by atoms with Gasteiger partial charge in [0.2, 0.25) is 0 Å². The van der Waals surface area contributed by atoms with Gasteiger partial charge in [-0.3, -0.25) is 0 Å². The van der Waals surface area contributed by atoms with Gasteiger partial charge in [0.25, 0.3) is 5.89 Å². The van der Waals surface area contributed by atoms with Crippen LogP contribution in [0.2, 0.25) is 0 Å². The van der Waals surface area contributed by atoms with Crippen LogP contribution in [0, 0.1) is 0 Å². The Morgan fingerprint density at radius 3 is 3.07 bits per heavy atom. The Hall–Kier alpha value is -1.14. The van der Waals surface area contributed by atoms with Crippen molar-refractivity contribution < 1.29 is 8.94 Å². The number of halogens is 1. The topological polar surface area (TPSA) is 64.1 Å². The van der Waals surface area contributed by atoms with Crippen molar-refractivity contribution in [2.45, 2.75) is 13.5 Å². The van der Waals surface area contributed by atoms with E-state index in [1.165, 1.54) is 0 Å². The van der Waals surface area contributed by atoms with Gasteiger partial charge in [-0.05, 0) is 28.5 Å². The molecule has 1 N–H and O–H groups in total. The van der Waals surface area contributed by atoms with Crippen molar-refractivity contribution in [3.63, 3.8) is 0 Å². The van der Waals surface area contributed by atoms with Crippen molar-refractivity contribution in [3.8, 4) is 11.5 Å². The van der Waals surface area contributed by atoms with Crippen LogP contribution in [0.1, 0.15) is 12.7 Å². The van der Waals surface area contributed by atoms with Crippen molar-refractivity contribution in [3.05, 3.63) is 22.8 Å². The van der Waals surface area contributed by atoms with Crippen molar-refractivity contribution in [2.24, 2.45) is 0 Å². The minimum Gasteiger partial charge on any atom is -0.457 e. The number of aromatic nitrogens is 2. The average molecular weight is 272 g/mol. The number of hydrogen-bond donors (Lipinski definition) is 1. The Morgan fingerprint density at radius 1 is 1.53 bits per heavy atom. The third-order valence-electron chi connectivity index (χ3n) is 1.85. The van der Waals surface area contributed by atoms with Gasteiger partial charge < -0.3 is 14.3 Å². The van der Waals surface area contributed by atoms with Gasteiger partial charge in [-0.1, -0.05) is 12.1 Å². The molecule has 6 heteroatoms. The molecule has 0 aliphatic rings. The SMILES string of the molecule is CCNCc1noc(-c2ccoc2Br)n1. The predicted molar refractivity (Wildman–Crippen MR) is 57.1 cm³/mol. The van der Waals surface area contributed by atoms with Gasteiger partial charge >= 0.3 is 0 Å². The molecule has 0 aliphatic carbocycles. The zero-order chi connectivity index (χ0) is 10.7. The first-order valence-electron chi connectivity index (χ1n) is 4.58. The van der Waals surface area contributed by atoms with E-state index in [0.29, 0.717) is 22.9 Å². The molecule has 0 amide bonds. The molecule has 2 heterocycles. The molecule has 2 aromatic rings. The van der Waals surface area contributed by atoms with Gasteiger partial charge in [-0.2, -0.15) is 4.98 Å². The normalized spacial score (nSPS) is 10.8. The van der Waals surface area contributed by atoms with Crippen LogP contribution in [0.25, 0.3) is 11.5 Å². The highest BCUT2D eigenvalue weighted by Gasteiger charge is 2.13. The Morgan fingerprint density at radius 2 is 2.40 bits per heavy atom. The lowest BCUT2D eigenvalue weighted by Gasteiger charge is -1.92. The zero-order valence-corrected chi connectivity index (χ0v) is 9.74. The van der Waals surface area contributed by atoms with E-state index in [1.807, 2.05) is 6.92 Å². The highest BCUT2D eigenvalue weighted by Crippen LogP contribution is 2.27. The lowest BCUT2D eigenvalue weighted by molar-refractivity contribution is 0.418. The maximum atomic E-state index is 5.10. The van der Waals surface area contributed by atoms with Gasteiger partial charge in [0.05, 0.1) is 18.4 Å². The van der Waals surface area contributed by atoms with Gasteiger partial charge in [-0.15, -0.1) is 0 Å². The maximum absolute atomic E-state index is 5.10. The van der Waals surface area contributed by atoms with E-state index < -0.39 is 0 Å².